The van der Waals surface area contributed by atoms with Gasteiger partial charge in [-0.1, -0.05) is 60.7 Å². The van der Waals surface area contributed by atoms with Gasteiger partial charge < -0.3 is 9.55 Å². The third kappa shape index (κ3) is 3.88. The van der Waals surface area contributed by atoms with Gasteiger partial charge in [0.05, 0.1) is 21.7 Å². The van der Waals surface area contributed by atoms with Crippen molar-refractivity contribution in [3.8, 4) is 0 Å². The first-order chi connectivity index (χ1) is 15.5. The van der Waals surface area contributed by atoms with Crippen molar-refractivity contribution in [3.63, 3.8) is 0 Å². The average Bonchev–Trinajstić information content (AvgIpc) is 3.35. The van der Waals surface area contributed by atoms with Crippen LogP contribution < -0.4 is 5.32 Å². The fourth-order valence-corrected chi connectivity index (χ4v) is 5.38. The molecule has 0 radical (unpaired) electrons. The molecule has 0 aliphatic rings. The fourth-order valence-electron chi connectivity index (χ4n) is 3.80. The standard InChI is InChI=1S/C24H20N4O3S/c29-23(27-24-25-19-11-5-6-12-20(19)26-24)15-28-14-22(18-10-4-7-13-21(18)28)32(30,31)16-17-8-2-1-3-9-17/h1-14H,15-16H2,(H2,25,26,27,29). The Morgan fingerprint density at radius 3 is 2.47 bits per heavy atom. The van der Waals surface area contributed by atoms with E-state index in [1.165, 1.54) is 0 Å². The molecule has 5 rings (SSSR count). The van der Waals surface area contributed by atoms with E-state index in [0.29, 0.717) is 22.4 Å². The lowest BCUT2D eigenvalue weighted by atomic mass is 10.2. The molecular weight excluding hydrogens is 424 g/mol. The van der Waals surface area contributed by atoms with Gasteiger partial charge in [0, 0.05) is 17.1 Å². The molecule has 5 aromatic rings. The number of anilines is 1. The van der Waals surface area contributed by atoms with E-state index in [0.717, 1.165) is 11.0 Å². The molecule has 0 spiro atoms. The van der Waals surface area contributed by atoms with E-state index in [9.17, 15) is 13.2 Å². The van der Waals surface area contributed by atoms with Crippen LogP contribution in [0.1, 0.15) is 5.56 Å². The second-order valence-corrected chi connectivity index (χ2v) is 9.49. The largest absolute Gasteiger partial charge is 0.337 e. The first-order valence-corrected chi connectivity index (χ1v) is 11.7. The molecule has 3 aromatic carbocycles. The van der Waals surface area contributed by atoms with Crippen LogP contribution in [0.5, 0.6) is 0 Å². The molecule has 32 heavy (non-hydrogen) atoms. The van der Waals surface area contributed by atoms with Gasteiger partial charge in [0.25, 0.3) is 0 Å². The topological polar surface area (TPSA) is 96.8 Å². The second-order valence-electron chi connectivity index (χ2n) is 7.53. The molecule has 0 atom stereocenters. The van der Waals surface area contributed by atoms with Crippen molar-refractivity contribution >= 4 is 43.6 Å². The van der Waals surface area contributed by atoms with Crippen molar-refractivity contribution in [1.82, 2.24) is 14.5 Å². The number of nitrogens with zero attached hydrogens (tertiary/aromatic N) is 2. The van der Waals surface area contributed by atoms with E-state index in [1.807, 2.05) is 54.6 Å². The van der Waals surface area contributed by atoms with Crippen LogP contribution >= 0.6 is 0 Å². The van der Waals surface area contributed by atoms with E-state index in [2.05, 4.69) is 15.3 Å². The van der Waals surface area contributed by atoms with Gasteiger partial charge in [0.15, 0.2) is 9.84 Å². The predicted octanol–water partition coefficient (Wildman–Crippen LogP) is 4.13. The Labute approximate surface area is 184 Å². The van der Waals surface area contributed by atoms with Gasteiger partial charge in [-0.2, -0.15) is 0 Å². The van der Waals surface area contributed by atoms with Gasteiger partial charge in [-0.05, 0) is 23.8 Å². The van der Waals surface area contributed by atoms with Gasteiger partial charge in [-0.3, -0.25) is 10.1 Å². The molecule has 2 N–H and O–H groups in total. The fraction of sp³-hybridized carbons (Fsp3) is 0.0833. The van der Waals surface area contributed by atoms with Crippen LogP contribution in [0.2, 0.25) is 0 Å². The highest BCUT2D eigenvalue weighted by atomic mass is 32.2. The number of para-hydroxylation sites is 3. The smallest absolute Gasteiger partial charge is 0.246 e. The Bertz CT molecular complexity index is 1500. The molecule has 2 aromatic heterocycles. The number of fused-ring (bicyclic) bond motifs is 2. The Balaban J connectivity index is 1.43. The number of carbonyl (C=O) groups is 1. The summed E-state index contributed by atoms with van der Waals surface area (Å²) >= 11 is 0. The SMILES string of the molecule is O=C(Cn1cc(S(=O)(=O)Cc2ccccc2)c2ccccc21)Nc1nc2ccccc2[nH]1. The number of amides is 1. The third-order valence-corrected chi connectivity index (χ3v) is 6.96. The van der Waals surface area contributed by atoms with Crippen LogP contribution in [0.3, 0.4) is 0 Å². The first-order valence-electron chi connectivity index (χ1n) is 10.1. The maximum Gasteiger partial charge on any atom is 0.246 e. The number of sulfone groups is 1. The molecule has 0 unspecified atom stereocenters. The maximum atomic E-state index is 13.2. The molecule has 0 bridgehead atoms. The summed E-state index contributed by atoms with van der Waals surface area (Å²) in [5.74, 6) is -0.0612. The van der Waals surface area contributed by atoms with Crippen LogP contribution in [0.25, 0.3) is 21.9 Å². The number of imidazole rings is 1. The summed E-state index contributed by atoms with van der Waals surface area (Å²) in [4.78, 5) is 20.3. The Kier molecular flexibility index (Phi) is 4.99. The molecule has 7 nitrogen and oxygen atoms in total. The summed E-state index contributed by atoms with van der Waals surface area (Å²) < 4.78 is 28.0. The minimum absolute atomic E-state index is 0.0432. The number of aromatic nitrogens is 3. The molecule has 0 aliphatic carbocycles. The molecule has 0 fully saturated rings. The molecule has 0 aliphatic heterocycles. The van der Waals surface area contributed by atoms with Gasteiger partial charge in [0.1, 0.15) is 6.54 Å². The van der Waals surface area contributed by atoms with Crippen molar-refractivity contribution in [3.05, 3.63) is 90.6 Å². The minimum atomic E-state index is -3.60. The van der Waals surface area contributed by atoms with Gasteiger partial charge in [-0.15, -0.1) is 0 Å². The highest BCUT2D eigenvalue weighted by molar-refractivity contribution is 7.90. The quantitative estimate of drug-likeness (QED) is 0.412. The Morgan fingerprint density at radius 2 is 1.66 bits per heavy atom. The van der Waals surface area contributed by atoms with Crippen LogP contribution in [0.15, 0.2) is 90.0 Å². The van der Waals surface area contributed by atoms with Crippen LogP contribution in [0, 0.1) is 0 Å². The van der Waals surface area contributed by atoms with E-state index in [-0.39, 0.29) is 23.1 Å². The lowest BCUT2D eigenvalue weighted by Crippen LogP contribution is -2.19. The zero-order valence-electron chi connectivity index (χ0n) is 17.0. The van der Waals surface area contributed by atoms with Crippen molar-refractivity contribution in [2.45, 2.75) is 17.2 Å². The van der Waals surface area contributed by atoms with Crippen molar-refractivity contribution in [2.24, 2.45) is 0 Å². The molecule has 2 heterocycles. The Morgan fingerprint density at radius 1 is 0.938 bits per heavy atom. The number of nitrogens with one attached hydrogen (secondary N) is 2. The number of carbonyl (C=O) groups excluding carboxylic acids is 1. The van der Waals surface area contributed by atoms with E-state index >= 15 is 0 Å². The number of hydrogen-bond donors (Lipinski definition) is 2. The van der Waals surface area contributed by atoms with E-state index in [1.54, 1.807) is 35.0 Å². The summed E-state index contributed by atoms with van der Waals surface area (Å²) in [6.07, 6.45) is 1.54. The van der Waals surface area contributed by atoms with Crippen molar-refractivity contribution in [1.29, 1.82) is 0 Å². The molecule has 0 saturated heterocycles. The van der Waals surface area contributed by atoms with E-state index in [4.69, 9.17) is 0 Å². The summed E-state index contributed by atoms with van der Waals surface area (Å²) in [5.41, 5.74) is 2.97. The van der Waals surface area contributed by atoms with Gasteiger partial charge in [-0.25, -0.2) is 13.4 Å². The maximum absolute atomic E-state index is 13.2. The summed E-state index contributed by atoms with van der Waals surface area (Å²) in [5, 5.41) is 3.35. The Hall–Kier alpha value is -3.91. The summed E-state index contributed by atoms with van der Waals surface area (Å²) in [7, 11) is -3.60. The van der Waals surface area contributed by atoms with Crippen LogP contribution in [-0.4, -0.2) is 28.9 Å². The van der Waals surface area contributed by atoms with Gasteiger partial charge in [0.2, 0.25) is 11.9 Å². The molecule has 0 saturated carbocycles. The zero-order chi connectivity index (χ0) is 22.1. The number of rotatable bonds is 6. The van der Waals surface area contributed by atoms with E-state index < -0.39 is 9.84 Å². The highest BCUT2D eigenvalue weighted by Crippen LogP contribution is 2.28. The summed E-state index contributed by atoms with van der Waals surface area (Å²) in [6.45, 7) is -0.0432. The molecule has 160 valence electrons. The van der Waals surface area contributed by atoms with Crippen molar-refractivity contribution < 1.29 is 13.2 Å². The first kappa shape index (κ1) is 20.0. The number of aromatic amines is 1. The summed E-state index contributed by atoms with van der Waals surface area (Å²) in [6, 6.07) is 23.7. The monoisotopic (exact) mass is 444 g/mol. The molecular formula is C24H20N4O3S. The van der Waals surface area contributed by atoms with Gasteiger partial charge >= 0.3 is 0 Å². The molecule has 1 amide bonds. The number of H-pyrrole nitrogens is 1. The van der Waals surface area contributed by atoms with Crippen LogP contribution in [0.4, 0.5) is 5.95 Å². The second kappa shape index (κ2) is 7.97. The minimum Gasteiger partial charge on any atom is -0.337 e. The number of hydrogen-bond acceptors (Lipinski definition) is 4. The van der Waals surface area contributed by atoms with Crippen LogP contribution in [-0.2, 0) is 26.9 Å². The zero-order valence-corrected chi connectivity index (χ0v) is 17.8. The van der Waals surface area contributed by atoms with Crippen molar-refractivity contribution in [2.75, 3.05) is 5.32 Å². The lowest BCUT2D eigenvalue weighted by molar-refractivity contribution is -0.116. The highest BCUT2D eigenvalue weighted by Gasteiger charge is 2.22. The third-order valence-electron chi connectivity index (χ3n) is 5.25. The molecule has 8 heteroatoms. The lowest BCUT2D eigenvalue weighted by Gasteiger charge is -2.05. The average molecular weight is 445 g/mol. The normalized spacial score (nSPS) is 11.8. The predicted molar refractivity (Wildman–Crippen MR) is 124 cm³/mol. The number of benzene rings is 3.